The molecule has 4 atom stereocenters. The normalized spacial score (nSPS) is 22.0. The summed E-state index contributed by atoms with van der Waals surface area (Å²) >= 11 is 1.50. The van der Waals surface area contributed by atoms with Crippen molar-refractivity contribution in [3.63, 3.8) is 0 Å². The van der Waals surface area contributed by atoms with Crippen molar-refractivity contribution in [1.29, 1.82) is 0 Å². The second-order valence-corrected chi connectivity index (χ2v) is 9.35. The zero-order chi connectivity index (χ0) is 23.8. The lowest BCUT2D eigenvalue weighted by molar-refractivity contribution is -0.145. The molecule has 2 saturated heterocycles. The minimum atomic E-state index is -1.10. The molecule has 3 rings (SSSR count). The van der Waals surface area contributed by atoms with E-state index in [4.69, 9.17) is 0 Å². The van der Waals surface area contributed by atoms with Gasteiger partial charge in [-0.25, -0.2) is 9.78 Å². The quantitative estimate of drug-likeness (QED) is 0.284. The molecule has 0 aromatic carbocycles. The van der Waals surface area contributed by atoms with Crippen molar-refractivity contribution in [3.05, 3.63) is 18.2 Å². The molecule has 182 valence electrons. The van der Waals surface area contributed by atoms with Crippen molar-refractivity contribution in [2.24, 2.45) is 0 Å². The summed E-state index contributed by atoms with van der Waals surface area (Å²) in [4.78, 5) is 59.1. The number of likely N-dealkylation sites (tertiary alicyclic amines) is 1. The van der Waals surface area contributed by atoms with Gasteiger partial charge in [-0.3, -0.25) is 14.4 Å². The first kappa shape index (κ1) is 25.0. The number of aliphatic carboxylic acids is 1. The van der Waals surface area contributed by atoms with Gasteiger partial charge in [-0.15, -0.1) is 0 Å². The van der Waals surface area contributed by atoms with Gasteiger partial charge in [0.1, 0.15) is 18.1 Å². The van der Waals surface area contributed by atoms with Gasteiger partial charge in [0.05, 0.1) is 12.4 Å². The number of carboxylic acids is 1. The lowest BCUT2D eigenvalue weighted by Crippen LogP contribution is -2.57. The largest absolute Gasteiger partial charge is 0.480 e. The van der Waals surface area contributed by atoms with Crippen LogP contribution in [0.25, 0.3) is 0 Å². The van der Waals surface area contributed by atoms with Crippen molar-refractivity contribution < 1.29 is 24.3 Å². The zero-order valence-electron chi connectivity index (χ0n) is 18.7. The average Bonchev–Trinajstić information content (AvgIpc) is 3.57. The molecule has 0 saturated carbocycles. The Bertz CT molecular complexity index is 829. The molecule has 2 aliphatic heterocycles. The second-order valence-electron chi connectivity index (χ2n) is 8.36. The monoisotopic (exact) mass is 480 g/mol. The average molecular weight is 481 g/mol. The molecule has 11 nitrogen and oxygen atoms in total. The van der Waals surface area contributed by atoms with Crippen molar-refractivity contribution >= 4 is 35.5 Å². The summed E-state index contributed by atoms with van der Waals surface area (Å²) in [5.41, 5.74) is 0.691. The summed E-state index contributed by atoms with van der Waals surface area (Å²) < 4.78 is 0. The van der Waals surface area contributed by atoms with Gasteiger partial charge in [0.15, 0.2) is 0 Å². The lowest BCUT2D eigenvalue weighted by Gasteiger charge is -2.30. The Morgan fingerprint density at radius 2 is 2.00 bits per heavy atom. The Morgan fingerprint density at radius 3 is 2.64 bits per heavy atom. The third-order valence-corrected chi connectivity index (χ3v) is 6.68. The Labute approximate surface area is 196 Å². The molecule has 0 aliphatic carbocycles. The van der Waals surface area contributed by atoms with Crippen molar-refractivity contribution in [2.45, 2.75) is 62.7 Å². The summed E-state index contributed by atoms with van der Waals surface area (Å²) in [6, 6.07) is -2.97. The maximum absolute atomic E-state index is 13.5. The summed E-state index contributed by atoms with van der Waals surface area (Å²) in [5.74, 6) is -1.57. The highest BCUT2D eigenvalue weighted by Crippen LogP contribution is 2.20. The van der Waals surface area contributed by atoms with Crippen LogP contribution in [0.4, 0.5) is 0 Å². The van der Waals surface area contributed by atoms with E-state index in [1.165, 1.54) is 23.0 Å². The van der Waals surface area contributed by atoms with Crippen LogP contribution in [-0.4, -0.2) is 92.9 Å². The maximum Gasteiger partial charge on any atom is 0.326 e. The minimum absolute atomic E-state index is 0.216. The van der Waals surface area contributed by atoms with E-state index in [1.54, 1.807) is 6.20 Å². The predicted octanol–water partition coefficient (Wildman–Crippen LogP) is -0.497. The van der Waals surface area contributed by atoms with Crippen LogP contribution in [0.5, 0.6) is 0 Å². The van der Waals surface area contributed by atoms with Crippen molar-refractivity contribution in [3.8, 4) is 0 Å². The van der Waals surface area contributed by atoms with Crippen LogP contribution >= 0.6 is 11.8 Å². The van der Waals surface area contributed by atoms with E-state index >= 15 is 0 Å². The second kappa shape index (κ2) is 12.0. The molecule has 4 unspecified atom stereocenters. The number of amides is 3. The number of hydrogen-bond acceptors (Lipinski definition) is 7. The van der Waals surface area contributed by atoms with Gasteiger partial charge >= 0.3 is 5.97 Å². The zero-order valence-corrected chi connectivity index (χ0v) is 19.5. The van der Waals surface area contributed by atoms with Crippen LogP contribution in [0.2, 0.25) is 0 Å². The summed E-state index contributed by atoms with van der Waals surface area (Å²) in [5, 5.41) is 18.0. The molecular formula is C21H32N6O5S. The van der Waals surface area contributed by atoms with E-state index in [1.807, 2.05) is 6.26 Å². The lowest BCUT2D eigenvalue weighted by atomic mass is 10.1. The van der Waals surface area contributed by atoms with Gasteiger partial charge in [-0.2, -0.15) is 11.8 Å². The number of imidazole rings is 1. The summed E-state index contributed by atoms with van der Waals surface area (Å²) in [6.45, 7) is 1.13. The first-order chi connectivity index (χ1) is 15.9. The number of aromatic nitrogens is 2. The van der Waals surface area contributed by atoms with Crippen LogP contribution < -0.4 is 16.0 Å². The molecule has 0 radical (unpaired) electrons. The molecule has 12 heteroatoms. The standard InChI is InChI=1S/C21H32N6O5S/c1-33-9-6-15(21(31)32)25-19(29)17-5-3-8-27(17)20(30)16(10-13-11-22-12-24-13)26-18(28)14-4-2-7-23-14/h11-12,14-17,23H,2-10H2,1H3,(H,22,24)(H,25,29)(H,26,28)(H,31,32). The number of nitrogens with zero attached hydrogens (tertiary/aromatic N) is 2. The molecule has 1 aromatic rings. The fourth-order valence-corrected chi connectivity index (χ4v) is 4.73. The number of carbonyl (C=O) groups is 4. The first-order valence-corrected chi connectivity index (χ1v) is 12.6. The highest BCUT2D eigenvalue weighted by atomic mass is 32.2. The van der Waals surface area contributed by atoms with Crippen LogP contribution in [0, 0.1) is 0 Å². The molecule has 33 heavy (non-hydrogen) atoms. The van der Waals surface area contributed by atoms with Crippen LogP contribution in [0.15, 0.2) is 12.5 Å². The molecule has 0 bridgehead atoms. The van der Waals surface area contributed by atoms with Gasteiger partial charge in [0.25, 0.3) is 0 Å². The molecule has 1 aromatic heterocycles. The van der Waals surface area contributed by atoms with E-state index in [2.05, 4.69) is 25.9 Å². The number of carbonyl (C=O) groups excluding carboxylic acids is 3. The minimum Gasteiger partial charge on any atom is -0.480 e. The first-order valence-electron chi connectivity index (χ1n) is 11.2. The Morgan fingerprint density at radius 1 is 1.21 bits per heavy atom. The summed E-state index contributed by atoms with van der Waals surface area (Å²) in [6.07, 6.45) is 8.16. The van der Waals surface area contributed by atoms with E-state index in [0.717, 1.165) is 13.0 Å². The molecule has 2 aliphatic rings. The van der Waals surface area contributed by atoms with Crippen molar-refractivity contribution in [1.82, 2.24) is 30.8 Å². The third-order valence-electron chi connectivity index (χ3n) is 6.03. The highest BCUT2D eigenvalue weighted by Gasteiger charge is 2.39. The van der Waals surface area contributed by atoms with Gasteiger partial charge in [-0.05, 0) is 50.7 Å². The van der Waals surface area contributed by atoms with Crippen LogP contribution in [0.1, 0.15) is 37.8 Å². The highest BCUT2D eigenvalue weighted by molar-refractivity contribution is 7.98. The number of nitrogens with one attached hydrogen (secondary N) is 4. The molecule has 0 spiro atoms. The number of thioether (sulfide) groups is 1. The predicted molar refractivity (Wildman–Crippen MR) is 123 cm³/mol. The Hall–Kier alpha value is -2.60. The number of rotatable bonds is 11. The summed E-state index contributed by atoms with van der Waals surface area (Å²) in [7, 11) is 0. The molecule has 5 N–H and O–H groups in total. The van der Waals surface area contributed by atoms with E-state index in [9.17, 15) is 24.3 Å². The molecular weight excluding hydrogens is 448 g/mol. The van der Waals surface area contributed by atoms with Gasteiger partial charge in [0.2, 0.25) is 17.7 Å². The third kappa shape index (κ3) is 6.70. The van der Waals surface area contributed by atoms with Crippen LogP contribution in [0.3, 0.4) is 0 Å². The van der Waals surface area contributed by atoms with Crippen LogP contribution in [-0.2, 0) is 25.6 Å². The maximum atomic E-state index is 13.5. The number of aromatic amines is 1. The molecule has 2 fully saturated rings. The van der Waals surface area contributed by atoms with E-state index in [0.29, 0.717) is 43.7 Å². The Kier molecular flexibility index (Phi) is 9.12. The van der Waals surface area contributed by atoms with Gasteiger partial charge in [-0.1, -0.05) is 0 Å². The Balaban J connectivity index is 1.70. The molecule has 3 amide bonds. The SMILES string of the molecule is CSCCC(NC(=O)C1CCCN1C(=O)C(Cc1cnc[nH]1)NC(=O)C1CCCN1)C(=O)O. The number of hydrogen-bond donors (Lipinski definition) is 5. The van der Waals surface area contributed by atoms with Crippen molar-refractivity contribution in [2.75, 3.05) is 25.1 Å². The smallest absolute Gasteiger partial charge is 0.326 e. The van der Waals surface area contributed by atoms with E-state index in [-0.39, 0.29) is 24.3 Å². The number of H-pyrrole nitrogens is 1. The van der Waals surface area contributed by atoms with E-state index < -0.39 is 30.0 Å². The fraction of sp³-hybridized carbons (Fsp3) is 0.667. The molecule has 3 heterocycles. The topological polar surface area (TPSA) is 157 Å². The van der Waals surface area contributed by atoms with Gasteiger partial charge in [0, 0.05) is 24.9 Å². The number of carboxylic acid groups (broad SMARTS) is 1. The van der Waals surface area contributed by atoms with Gasteiger partial charge < -0.3 is 30.9 Å². The fourth-order valence-electron chi connectivity index (χ4n) is 4.26.